The number of allylic oxidation sites excluding steroid dienone is 3. The molecule has 4 bridgehead atoms. The number of hydrogen-bond donors (Lipinski definition) is 5. The standard InChI is InChI=1S/C42H51ClN4O11/c1-23-8-6-9-29(22-49)42(55)20-33(56-40(54)45-42)24(2)37-41(4,58-37)34(19-35(51)46(5)32-18-26(16-23)17-28(21-48)36(32)43)57-38(52)31-10-7-15-47(31)39(53)44-30-13-11-27(12-14-30)25(3)50/h6,8-9,11-14,17-18,24,29,31,33-34,37,48-49,55H,7,10,15-16,19-22H2,1-5H3,(H,44,53)(H,45,54)/b9-6+,23-8+/t24-,29+,31?,33+,34+,37+,41+,42+/m1/s1. The van der Waals surface area contributed by atoms with E-state index in [0.717, 1.165) is 11.1 Å². The highest BCUT2D eigenvalue weighted by Crippen LogP contribution is 2.49. The van der Waals surface area contributed by atoms with E-state index in [2.05, 4.69) is 10.6 Å². The van der Waals surface area contributed by atoms with Gasteiger partial charge in [-0.1, -0.05) is 48.4 Å². The van der Waals surface area contributed by atoms with E-state index >= 15 is 0 Å². The van der Waals surface area contributed by atoms with Gasteiger partial charge >= 0.3 is 18.1 Å². The zero-order valence-corrected chi connectivity index (χ0v) is 34.0. The summed E-state index contributed by atoms with van der Waals surface area (Å²) in [6.45, 7) is 6.15. The third-order valence-corrected chi connectivity index (χ3v) is 12.2. The number of amides is 4. The first-order chi connectivity index (χ1) is 27.5. The number of urea groups is 1. The van der Waals surface area contributed by atoms with Gasteiger partial charge in [-0.2, -0.15) is 0 Å². The number of benzene rings is 2. The minimum absolute atomic E-state index is 0.113. The van der Waals surface area contributed by atoms with E-state index in [1.54, 1.807) is 68.5 Å². The van der Waals surface area contributed by atoms with Crippen LogP contribution in [-0.4, -0.2) is 106 Å². The van der Waals surface area contributed by atoms with Crippen molar-refractivity contribution in [1.29, 1.82) is 0 Å². The molecular weight excluding hydrogens is 772 g/mol. The van der Waals surface area contributed by atoms with Crippen molar-refractivity contribution in [3.05, 3.63) is 81.9 Å². The number of hydrogen-bond acceptors (Lipinski definition) is 11. The van der Waals surface area contributed by atoms with Gasteiger partial charge < -0.3 is 44.6 Å². The molecule has 312 valence electrons. The summed E-state index contributed by atoms with van der Waals surface area (Å²) in [5.74, 6) is -2.86. The summed E-state index contributed by atoms with van der Waals surface area (Å²) in [5, 5.41) is 37.7. The van der Waals surface area contributed by atoms with Crippen LogP contribution in [0.15, 0.2) is 60.2 Å². The summed E-state index contributed by atoms with van der Waals surface area (Å²) < 4.78 is 18.1. The Bertz CT molecular complexity index is 2010. The number of carbonyl (C=O) groups excluding carboxylic acids is 5. The third kappa shape index (κ3) is 8.93. The fourth-order valence-corrected chi connectivity index (χ4v) is 8.45. The number of Topliss-reactive ketones (excluding diaryl/α,β-unsaturated/α-hetero) is 1. The number of aliphatic hydroxyl groups excluding tert-OH is 2. The number of aliphatic hydroxyl groups is 3. The molecule has 8 atom stereocenters. The van der Waals surface area contributed by atoms with Crippen molar-refractivity contribution in [2.24, 2.45) is 11.8 Å². The lowest BCUT2D eigenvalue weighted by Gasteiger charge is -2.42. The van der Waals surface area contributed by atoms with Crippen LogP contribution in [0.3, 0.4) is 0 Å². The number of ketones is 1. The van der Waals surface area contributed by atoms with Gasteiger partial charge in [0.2, 0.25) is 5.91 Å². The van der Waals surface area contributed by atoms with Crippen molar-refractivity contribution in [2.75, 3.05) is 30.4 Å². The fraction of sp³-hybridized carbons (Fsp3) is 0.500. The predicted octanol–water partition coefficient (Wildman–Crippen LogP) is 4.64. The van der Waals surface area contributed by atoms with Gasteiger partial charge in [0.15, 0.2) is 11.5 Å². The number of ether oxygens (including phenoxy) is 3. The van der Waals surface area contributed by atoms with E-state index in [-0.39, 0.29) is 30.2 Å². The average molecular weight is 823 g/mol. The first kappa shape index (κ1) is 42.8. The highest BCUT2D eigenvalue weighted by molar-refractivity contribution is 6.34. The number of likely N-dealkylation sites (tertiary alicyclic amines) is 1. The number of alkyl carbamates (subject to hydrolysis) is 1. The molecule has 4 aliphatic heterocycles. The van der Waals surface area contributed by atoms with Crippen molar-refractivity contribution in [3.8, 4) is 0 Å². The Labute approximate surface area is 341 Å². The van der Waals surface area contributed by atoms with Crippen LogP contribution in [0, 0.1) is 11.8 Å². The Morgan fingerprint density at radius 1 is 1.14 bits per heavy atom. The molecule has 0 aromatic heterocycles. The Morgan fingerprint density at radius 3 is 2.53 bits per heavy atom. The van der Waals surface area contributed by atoms with Gasteiger partial charge in [-0.15, -0.1) is 0 Å². The lowest BCUT2D eigenvalue weighted by molar-refractivity contribution is -0.158. The molecule has 3 fully saturated rings. The Balaban J connectivity index is 1.32. The molecule has 58 heavy (non-hydrogen) atoms. The van der Waals surface area contributed by atoms with Gasteiger partial charge in [-0.25, -0.2) is 14.4 Å². The Morgan fingerprint density at radius 2 is 1.86 bits per heavy atom. The van der Waals surface area contributed by atoms with E-state index < -0.39 is 84.7 Å². The van der Waals surface area contributed by atoms with Crippen LogP contribution in [0.2, 0.25) is 5.02 Å². The first-order valence-corrected chi connectivity index (χ1v) is 19.8. The van der Waals surface area contributed by atoms with Crippen molar-refractivity contribution in [3.63, 3.8) is 0 Å². The molecule has 3 saturated heterocycles. The molecule has 0 saturated carbocycles. The van der Waals surface area contributed by atoms with E-state index in [9.17, 15) is 39.3 Å². The molecule has 0 spiro atoms. The van der Waals surface area contributed by atoms with Gasteiger partial charge in [0.1, 0.15) is 23.9 Å². The summed E-state index contributed by atoms with van der Waals surface area (Å²) in [6, 6.07) is 8.34. The molecule has 5 N–H and O–H groups in total. The van der Waals surface area contributed by atoms with Gasteiger partial charge in [0, 0.05) is 43.1 Å². The van der Waals surface area contributed by atoms with E-state index in [4.69, 9.17) is 25.8 Å². The Kier molecular flexibility index (Phi) is 12.7. The lowest BCUT2D eigenvalue weighted by atomic mass is 9.81. The van der Waals surface area contributed by atoms with E-state index in [1.807, 2.05) is 6.92 Å². The monoisotopic (exact) mass is 822 g/mol. The summed E-state index contributed by atoms with van der Waals surface area (Å²) >= 11 is 6.75. The van der Waals surface area contributed by atoms with Gasteiger partial charge in [0.25, 0.3) is 0 Å². The second kappa shape index (κ2) is 17.2. The zero-order chi connectivity index (χ0) is 42.1. The second-order valence-electron chi connectivity index (χ2n) is 15.9. The second-order valence-corrected chi connectivity index (χ2v) is 16.3. The van der Waals surface area contributed by atoms with Crippen LogP contribution < -0.4 is 15.5 Å². The Hall–Kier alpha value is -4.80. The molecule has 16 heteroatoms. The molecule has 1 unspecified atom stereocenters. The van der Waals surface area contributed by atoms with Crippen molar-refractivity contribution >= 4 is 52.8 Å². The molecule has 4 amide bonds. The maximum Gasteiger partial charge on any atom is 0.409 e. The SMILES string of the molecule is CC(=O)c1ccc(NC(=O)N2CCCC2C(=O)O[C@H]2CC(=O)N(C)c3cc(cc(CO)c3Cl)C/C(C)=C/C=C/[C@@H](CO)[C@@]3(O)C[C@H](OC(=O)N3)[C@@H](C)[C@@H]3O[C@@]23C)cc1. The lowest BCUT2D eigenvalue weighted by Crippen LogP contribution is -2.62. The van der Waals surface area contributed by atoms with Crippen LogP contribution in [0.5, 0.6) is 0 Å². The number of nitrogens with one attached hydrogen (secondary N) is 2. The summed E-state index contributed by atoms with van der Waals surface area (Å²) in [6.07, 6.45) is 2.09. The number of halogens is 1. The van der Waals surface area contributed by atoms with E-state index in [0.29, 0.717) is 41.8 Å². The summed E-state index contributed by atoms with van der Waals surface area (Å²) in [5.41, 5.74) is 0.0801. The topological polar surface area (TPSA) is 208 Å². The normalized spacial score (nSPS) is 31.6. The molecule has 4 heterocycles. The fourth-order valence-electron chi connectivity index (χ4n) is 8.15. The minimum atomic E-state index is -1.89. The highest BCUT2D eigenvalue weighted by Gasteiger charge is 2.64. The number of esters is 1. The van der Waals surface area contributed by atoms with Crippen LogP contribution in [0.4, 0.5) is 21.0 Å². The van der Waals surface area contributed by atoms with Crippen molar-refractivity contribution in [1.82, 2.24) is 10.2 Å². The number of epoxide rings is 1. The molecular formula is C42H51ClN4O11. The molecule has 4 aliphatic rings. The quantitative estimate of drug-likeness (QED) is 0.154. The van der Waals surface area contributed by atoms with Crippen LogP contribution >= 0.6 is 11.6 Å². The number of nitrogens with zero attached hydrogens (tertiary/aromatic N) is 2. The number of anilines is 2. The zero-order valence-electron chi connectivity index (χ0n) is 33.2. The molecule has 15 nitrogen and oxygen atoms in total. The van der Waals surface area contributed by atoms with Crippen molar-refractivity contribution in [2.45, 2.75) is 102 Å². The molecule has 2 aromatic carbocycles. The third-order valence-electron chi connectivity index (χ3n) is 11.7. The molecule has 2 aromatic rings. The van der Waals surface area contributed by atoms with E-state index in [1.165, 1.54) is 23.8 Å². The van der Waals surface area contributed by atoms with Crippen LogP contribution in [-0.2, 0) is 36.8 Å². The maximum absolute atomic E-state index is 14.3. The summed E-state index contributed by atoms with van der Waals surface area (Å²) in [4.78, 5) is 69.2. The van der Waals surface area contributed by atoms with Crippen LogP contribution in [0.1, 0.15) is 74.9 Å². The minimum Gasteiger partial charge on any atom is -0.457 e. The smallest absolute Gasteiger partial charge is 0.409 e. The van der Waals surface area contributed by atoms with Crippen LogP contribution in [0.25, 0.3) is 0 Å². The average Bonchev–Trinajstić information content (AvgIpc) is 3.62. The molecule has 6 rings (SSSR count). The maximum atomic E-state index is 14.3. The number of carbonyl (C=O) groups is 5. The van der Waals surface area contributed by atoms with Crippen molar-refractivity contribution < 1.29 is 53.5 Å². The molecule has 0 aliphatic carbocycles. The highest BCUT2D eigenvalue weighted by atomic mass is 35.5. The number of rotatable bonds is 6. The largest absolute Gasteiger partial charge is 0.457 e. The summed E-state index contributed by atoms with van der Waals surface area (Å²) in [7, 11) is 1.54. The predicted molar refractivity (Wildman–Crippen MR) is 213 cm³/mol. The first-order valence-electron chi connectivity index (χ1n) is 19.4. The number of fused-ring (bicyclic) bond motifs is 5. The van der Waals surface area contributed by atoms with Gasteiger partial charge in [-0.3, -0.25) is 14.9 Å². The molecule has 0 radical (unpaired) electrons. The van der Waals surface area contributed by atoms with Gasteiger partial charge in [0.05, 0.1) is 36.4 Å². The van der Waals surface area contributed by atoms with Gasteiger partial charge in [-0.05, 0) is 81.5 Å².